The number of benzene rings is 2. The van der Waals surface area contributed by atoms with Crippen LogP contribution < -0.4 is 4.74 Å². The molecule has 2 aromatic carbocycles. The predicted octanol–water partition coefficient (Wildman–Crippen LogP) is 18.9. The Bertz CT molecular complexity index is 1800. The molecular weight excluding hydrogens is 841 g/mol. The van der Waals surface area contributed by atoms with Gasteiger partial charge in [-0.15, -0.1) is 0 Å². The van der Waals surface area contributed by atoms with E-state index in [0.29, 0.717) is 23.7 Å². The average molecular weight is 940 g/mol. The summed E-state index contributed by atoms with van der Waals surface area (Å²) in [7, 11) is 0. The van der Waals surface area contributed by atoms with Crippen LogP contribution in [0.5, 0.6) is 11.5 Å². The van der Waals surface area contributed by atoms with Crippen LogP contribution >= 0.6 is 0 Å². The average Bonchev–Trinajstić information content (AvgIpc) is 3.38. The molecule has 0 amide bonds. The minimum atomic E-state index is 0.477. The van der Waals surface area contributed by atoms with Crippen LogP contribution in [0.4, 0.5) is 0 Å². The summed E-state index contributed by atoms with van der Waals surface area (Å²) in [6.07, 6.45) is 53.9. The standard InChI is InChI=1S/C64H98N4O/c1-5-9-13-17-19-21-25-27-51-35-41-61(59(43-51)45-53-31-37-57(38-32-53)63-65-47-55(48-66-63)29-23-15-11-7-3)69-62-42-36-52(28-26-22-20-18-14-10-6-2)44-60(62)46-54-33-39-58(40-34-54)64-67-49-56(50-68-64)30-24-16-12-8-4/h35-36,41-44,47-50,53-54,57-58H,5-34,37-40,45-46H2,1-4H3/t53-,54-,57-,58-. The van der Waals surface area contributed by atoms with Crippen molar-refractivity contribution in [2.24, 2.45) is 11.8 Å². The van der Waals surface area contributed by atoms with Crippen LogP contribution in [-0.2, 0) is 38.5 Å². The molecule has 0 aliphatic heterocycles. The Morgan fingerprint density at radius 1 is 0.362 bits per heavy atom. The van der Waals surface area contributed by atoms with E-state index in [2.05, 4.69) is 88.9 Å². The van der Waals surface area contributed by atoms with Crippen LogP contribution in [0.2, 0.25) is 0 Å². The maximum Gasteiger partial charge on any atom is 0.131 e. The molecule has 380 valence electrons. The Labute approximate surface area is 423 Å². The zero-order valence-electron chi connectivity index (χ0n) is 44.7. The van der Waals surface area contributed by atoms with Crippen molar-refractivity contribution in [3.8, 4) is 11.5 Å². The van der Waals surface area contributed by atoms with Gasteiger partial charge in [0, 0.05) is 36.6 Å². The number of unbranched alkanes of at least 4 members (excludes halogenated alkanes) is 18. The normalized spacial score (nSPS) is 18.4. The molecule has 2 heterocycles. The SMILES string of the molecule is CCCCCCCCCc1ccc(Oc2ccc(CCCCCCCCC)cc2C[C@H]2CC[C@H](c3ncc(CCCCCC)cn3)CC2)c(C[C@H]2CC[C@H](c3ncc(CCCCCC)cn3)CC2)c1. The van der Waals surface area contributed by atoms with E-state index < -0.39 is 0 Å². The van der Waals surface area contributed by atoms with Gasteiger partial charge in [0.05, 0.1) is 0 Å². The zero-order valence-corrected chi connectivity index (χ0v) is 44.7. The summed E-state index contributed by atoms with van der Waals surface area (Å²) in [5, 5.41) is 0. The molecule has 0 atom stereocenters. The molecule has 4 aromatic rings. The molecule has 2 aliphatic carbocycles. The second-order valence-electron chi connectivity index (χ2n) is 22.1. The van der Waals surface area contributed by atoms with E-state index in [1.807, 2.05) is 0 Å². The molecule has 2 saturated carbocycles. The highest BCUT2D eigenvalue weighted by Gasteiger charge is 2.27. The van der Waals surface area contributed by atoms with Crippen molar-refractivity contribution in [3.05, 3.63) is 106 Å². The third-order valence-electron chi connectivity index (χ3n) is 16.1. The molecule has 5 heteroatoms. The first kappa shape index (κ1) is 54.7. The highest BCUT2D eigenvalue weighted by Crippen LogP contribution is 2.41. The maximum absolute atomic E-state index is 7.24. The van der Waals surface area contributed by atoms with Gasteiger partial charge in [-0.2, -0.15) is 0 Å². The molecular formula is C64H98N4O. The van der Waals surface area contributed by atoms with Crippen molar-refractivity contribution in [2.75, 3.05) is 0 Å². The van der Waals surface area contributed by atoms with Gasteiger partial charge in [-0.3, -0.25) is 0 Å². The second kappa shape index (κ2) is 32.4. The van der Waals surface area contributed by atoms with E-state index >= 15 is 0 Å². The van der Waals surface area contributed by atoms with Gasteiger partial charge in [-0.25, -0.2) is 19.9 Å². The zero-order chi connectivity index (χ0) is 48.1. The lowest BCUT2D eigenvalue weighted by atomic mass is 9.78. The quantitative estimate of drug-likeness (QED) is 0.0437. The number of aryl methyl sites for hydroxylation is 4. The number of aromatic nitrogens is 4. The number of rotatable bonds is 34. The van der Waals surface area contributed by atoms with Crippen LogP contribution in [0.25, 0.3) is 0 Å². The number of hydrogen-bond donors (Lipinski definition) is 0. The fourth-order valence-corrected chi connectivity index (χ4v) is 11.6. The van der Waals surface area contributed by atoms with E-state index in [9.17, 15) is 0 Å². The van der Waals surface area contributed by atoms with E-state index in [-0.39, 0.29) is 0 Å². The number of ether oxygens (including phenoxy) is 1. The van der Waals surface area contributed by atoms with Crippen molar-refractivity contribution in [2.45, 2.75) is 271 Å². The minimum Gasteiger partial charge on any atom is -0.457 e. The van der Waals surface area contributed by atoms with E-state index in [1.54, 1.807) is 0 Å². The van der Waals surface area contributed by atoms with Crippen molar-refractivity contribution >= 4 is 0 Å². The molecule has 2 fully saturated rings. The van der Waals surface area contributed by atoms with Crippen LogP contribution in [0.3, 0.4) is 0 Å². The van der Waals surface area contributed by atoms with Gasteiger partial charge in [0.2, 0.25) is 0 Å². The molecule has 0 bridgehead atoms. The summed E-state index contributed by atoms with van der Waals surface area (Å²) in [5.41, 5.74) is 8.38. The molecule has 0 N–H and O–H groups in total. The van der Waals surface area contributed by atoms with Crippen LogP contribution in [0, 0.1) is 11.8 Å². The lowest BCUT2D eigenvalue weighted by Crippen LogP contribution is -2.18. The largest absolute Gasteiger partial charge is 0.457 e. The minimum absolute atomic E-state index is 0.477. The third kappa shape index (κ3) is 19.8. The third-order valence-corrected chi connectivity index (χ3v) is 16.1. The molecule has 0 saturated heterocycles. The highest BCUT2D eigenvalue weighted by atomic mass is 16.5. The molecule has 5 nitrogen and oxygen atoms in total. The van der Waals surface area contributed by atoms with Crippen molar-refractivity contribution < 1.29 is 4.74 Å². The topological polar surface area (TPSA) is 60.8 Å². The summed E-state index contributed by atoms with van der Waals surface area (Å²) < 4.78 is 7.24. The summed E-state index contributed by atoms with van der Waals surface area (Å²) in [4.78, 5) is 19.7. The Hall–Kier alpha value is -3.60. The Balaban J connectivity index is 1.13. The predicted molar refractivity (Wildman–Crippen MR) is 293 cm³/mol. The first-order valence-electron chi connectivity index (χ1n) is 29.6. The lowest BCUT2D eigenvalue weighted by molar-refractivity contribution is 0.312. The lowest BCUT2D eigenvalue weighted by Gasteiger charge is -2.29. The van der Waals surface area contributed by atoms with Crippen molar-refractivity contribution in [3.63, 3.8) is 0 Å². The molecule has 0 unspecified atom stereocenters. The second-order valence-corrected chi connectivity index (χ2v) is 22.1. The maximum atomic E-state index is 7.24. The Kier molecular flexibility index (Phi) is 25.7. The summed E-state index contributed by atoms with van der Waals surface area (Å²) in [6, 6.07) is 14.5. The smallest absolute Gasteiger partial charge is 0.131 e. The van der Waals surface area contributed by atoms with E-state index in [4.69, 9.17) is 24.7 Å². The van der Waals surface area contributed by atoms with Gasteiger partial charge in [-0.1, -0.05) is 168 Å². The Morgan fingerprint density at radius 2 is 0.667 bits per heavy atom. The van der Waals surface area contributed by atoms with Gasteiger partial charge in [0.25, 0.3) is 0 Å². The number of hydrogen-bond acceptors (Lipinski definition) is 5. The fraction of sp³-hybridized carbons (Fsp3) is 0.688. The summed E-state index contributed by atoms with van der Waals surface area (Å²) in [5.74, 6) is 6.55. The first-order valence-corrected chi connectivity index (χ1v) is 29.6. The molecule has 0 spiro atoms. The molecule has 2 aliphatic rings. The first-order chi connectivity index (χ1) is 34.0. The van der Waals surface area contributed by atoms with Gasteiger partial charge >= 0.3 is 0 Å². The summed E-state index contributed by atoms with van der Waals surface area (Å²) >= 11 is 0. The van der Waals surface area contributed by atoms with Crippen LogP contribution in [0.15, 0.2) is 61.2 Å². The van der Waals surface area contributed by atoms with Gasteiger partial charge in [0.15, 0.2) is 0 Å². The monoisotopic (exact) mass is 939 g/mol. The van der Waals surface area contributed by atoms with Crippen LogP contribution in [-0.4, -0.2) is 19.9 Å². The van der Waals surface area contributed by atoms with Gasteiger partial charge in [-0.05, 0) is 173 Å². The van der Waals surface area contributed by atoms with Crippen molar-refractivity contribution in [1.82, 2.24) is 19.9 Å². The highest BCUT2D eigenvalue weighted by molar-refractivity contribution is 5.45. The van der Waals surface area contributed by atoms with E-state index in [0.717, 1.165) is 61.7 Å². The van der Waals surface area contributed by atoms with Gasteiger partial charge < -0.3 is 4.74 Å². The molecule has 6 rings (SSSR count). The van der Waals surface area contributed by atoms with Crippen LogP contribution in [0.1, 0.15) is 277 Å². The number of nitrogens with zero attached hydrogens (tertiary/aromatic N) is 4. The Morgan fingerprint density at radius 3 is 1.01 bits per heavy atom. The van der Waals surface area contributed by atoms with Gasteiger partial charge in [0.1, 0.15) is 23.1 Å². The fourth-order valence-electron chi connectivity index (χ4n) is 11.6. The molecule has 69 heavy (non-hydrogen) atoms. The molecule has 0 radical (unpaired) electrons. The van der Waals surface area contributed by atoms with Crippen molar-refractivity contribution in [1.29, 1.82) is 0 Å². The van der Waals surface area contributed by atoms with E-state index in [1.165, 1.54) is 226 Å². The summed E-state index contributed by atoms with van der Waals surface area (Å²) in [6.45, 7) is 9.18. The molecule has 2 aromatic heterocycles.